The molecular weight excluding hydrogens is 213 g/mol. The van der Waals surface area contributed by atoms with E-state index in [2.05, 4.69) is 12.2 Å². The Morgan fingerprint density at radius 1 is 1.29 bits per heavy atom. The van der Waals surface area contributed by atoms with Gasteiger partial charge in [0.1, 0.15) is 11.5 Å². The van der Waals surface area contributed by atoms with E-state index in [4.69, 9.17) is 0 Å². The summed E-state index contributed by atoms with van der Waals surface area (Å²) in [4.78, 5) is 23.3. The Hall–Kier alpha value is -0.635. The van der Waals surface area contributed by atoms with Crippen molar-refractivity contribution in [1.29, 1.82) is 0 Å². The standard InChI is InChI=1S/C13H25BNO2/c1-6-8-10(3)12(17)14-15-13(5,9-7-2)11(4)16/h10,15H,6-9H2,1-5H3. The molecule has 0 saturated heterocycles. The lowest BCUT2D eigenvalue weighted by Gasteiger charge is -2.28. The van der Waals surface area contributed by atoms with Gasteiger partial charge in [0, 0.05) is 5.92 Å². The fourth-order valence-corrected chi connectivity index (χ4v) is 1.80. The van der Waals surface area contributed by atoms with Crippen LogP contribution in [0.15, 0.2) is 0 Å². The molecule has 17 heavy (non-hydrogen) atoms. The van der Waals surface area contributed by atoms with E-state index >= 15 is 0 Å². The van der Waals surface area contributed by atoms with Gasteiger partial charge < -0.3 is 10.0 Å². The quantitative estimate of drug-likeness (QED) is 0.627. The van der Waals surface area contributed by atoms with Crippen molar-refractivity contribution in [3.05, 3.63) is 0 Å². The van der Waals surface area contributed by atoms with Crippen LogP contribution < -0.4 is 5.23 Å². The molecule has 0 aromatic carbocycles. The van der Waals surface area contributed by atoms with Gasteiger partial charge in [-0.15, -0.1) is 0 Å². The number of carbonyl (C=O) groups excluding carboxylic acids is 2. The lowest BCUT2D eigenvalue weighted by Crippen LogP contribution is -2.52. The van der Waals surface area contributed by atoms with Gasteiger partial charge in [-0.25, -0.2) is 0 Å². The fourth-order valence-electron chi connectivity index (χ4n) is 1.80. The van der Waals surface area contributed by atoms with Crippen molar-refractivity contribution in [1.82, 2.24) is 5.23 Å². The van der Waals surface area contributed by atoms with Crippen molar-refractivity contribution in [2.45, 2.75) is 65.8 Å². The molecule has 0 bridgehead atoms. The van der Waals surface area contributed by atoms with E-state index in [0.29, 0.717) is 0 Å². The molecule has 0 spiro atoms. The lowest BCUT2D eigenvalue weighted by atomic mass is 9.74. The van der Waals surface area contributed by atoms with Crippen molar-refractivity contribution in [2.24, 2.45) is 5.92 Å². The van der Waals surface area contributed by atoms with Crippen LogP contribution in [0.5, 0.6) is 0 Å². The van der Waals surface area contributed by atoms with Gasteiger partial charge in [-0.3, -0.25) is 4.79 Å². The van der Waals surface area contributed by atoms with Crippen molar-refractivity contribution < 1.29 is 9.59 Å². The normalized spacial score (nSPS) is 16.1. The van der Waals surface area contributed by atoms with E-state index in [-0.39, 0.29) is 17.4 Å². The summed E-state index contributed by atoms with van der Waals surface area (Å²) in [6.07, 6.45) is 3.55. The zero-order valence-corrected chi connectivity index (χ0v) is 11.8. The Balaban J connectivity index is 4.31. The van der Waals surface area contributed by atoms with E-state index < -0.39 is 5.54 Å². The molecule has 1 N–H and O–H groups in total. The van der Waals surface area contributed by atoms with Crippen molar-refractivity contribution >= 4 is 18.9 Å². The van der Waals surface area contributed by atoms with Crippen LogP contribution in [0, 0.1) is 5.92 Å². The van der Waals surface area contributed by atoms with Crippen LogP contribution in [0.3, 0.4) is 0 Å². The van der Waals surface area contributed by atoms with Crippen LogP contribution in [0.1, 0.15) is 60.3 Å². The number of rotatable bonds is 9. The largest absolute Gasteiger partial charge is 0.342 e. The predicted molar refractivity (Wildman–Crippen MR) is 72.0 cm³/mol. The molecule has 2 atom stereocenters. The third-order valence-corrected chi connectivity index (χ3v) is 3.27. The minimum absolute atomic E-state index is 0.0327. The molecule has 0 aromatic rings. The van der Waals surface area contributed by atoms with Gasteiger partial charge >= 0.3 is 0 Å². The zero-order chi connectivity index (χ0) is 13.5. The first-order valence-electron chi connectivity index (χ1n) is 6.53. The van der Waals surface area contributed by atoms with Crippen molar-refractivity contribution in [2.75, 3.05) is 0 Å². The molecule has 97 valence electrons. The maximum absolute atomic E-state index is 11.8. The predicted octanol–water partition coefficient (Wildman–Crippen LogP) is 2.31. The monoisotopic (exact) mass is 238 g/mol. The summed E-state index contributed by atoms with van der Waals surface area (Å²) in [6, 6.07) is 0. The molecule has 0 fully saturated rings. The number of Topliss-reactive ketones (excluding diaryl/α,β-unsaturated/α-hetero) is 1. The highest BCUT2D eigenvalue weighted by molar-refractivity contribution is 6.72. The van der Waals surface area contributed by atoms with Gasteiger partial charge in [0.05, 0.1) is 5.54 Å². The number of carbonyl (C=O) groups is 2. The zero-order valence-electron chi connectivity index (χ0n) is 11.8. The van der Waals surface area contributed by atoms with Crippen LogP contribution in [0.25, 0.3) is 0 Å². The third kappa shape index (κ3) is 5.49. The Morgan fingerprint density at radius 3 is 2.29 bits per heavy atom. The van der Waals surface area contributed by atoms with E-state index in [1.165, 1.54) is 7.41 Å². The maximum Gasteiger partial charge on any atom is 0.296 e. The van der Waals surface area contributed by atoms with Crippen molar-refractivity contribution in [3.8, 4) is 0 Å². The summed E-state index contributed by atoms with van der Waals surface area (Å²) >= 11 is 0. The molecule has 0 saturated carbocycles. The molecular formula is C13H25BNO2. The fraction of sp³-hybridized carbons (Fsp3) is 0.846. The molecule has 3 nitrogen and oxygen atoms in total. The Morgan fingerprint density at radius 2 is 1.88 bits per heavy atom. The van der Waals surface area contributed by atoms with E-state index in [1.807, 2.05) is 20.8 Å². The van der Waals surface area contributed by atoms with Gasteiger partial charge in [-0.2, -0.15) is 0 Å². The van der Waals surface area contributed by atoms with E-state index in [1.54, 1.807) is 6.92 Å². The highest BCUT2D eigenvalue weighted by atomic mass is 16.1. The Kier molecular flexibility index (Phi) is 7.36. The van der Waals surface area contributed by atoms with Gasteiger partial charge in [-0.05, 0) is 26.7 Å². The smallest absolute Gasteiger partial charge is 0.296 e. The Labute approximate surface area is 106 Å². The summed E-state index contributed by atoms with van der Waals surface area (Å²) in [5.41, 5.74) is -0.522. The first kappa shape index (κ1) is 16.4. The summed E-state index contributed by atoms with van der Waals surface area (Å²) in [5, 5.41) is 3.01. The van der Waals surface area contributed by atoms with Crippen LogP contribution in [0.4, 0.5) is 0 Å². The minimum Gasteiger partial charge on any atom is -0.342 e. The SMILES string of the molecule is CCCC(C)C(=O)[B]NC(C)(CCC)C(C)=O. The molecule has 1 radical (unpaired) electrons. The number of nitrogens with one attached hydrogen (secondary N) is 1. The second-order valence-electron chi connectivity index (χ2n) is 5.02. The van der Waals surface area contributed by atoms with E-state index in [9.17, 15) is 9.59 Å². The molecule has 0 aliphatic rings. The van der Waals surface area contributed by atoms with Gasteiger partial charge in [0.25, 0.3) is 7.41 Å². The Bertz CT molecular complexity index is 268. The molecule has 0 aromatic heterocycles. The molecule has 0 heterocycles. The highest BCUT2D eigenvalue weighted by Crippen LogP contribution is 2.13. The molecule has 0 amide bonds. The number of hydrogen-bond donors (Lipinski definition) is 1. The van der Waals surface area contributed by atoms with Crippen LogP contribution in [-0.4, -0.2) is 24.4 Å². The molecule has 2 unspecified atom stereocenters. The summed E-state index contributed by atoms with van der Waals surface area (Å²) in [5.74, 6) is 0.108. The second kappa shape index (κ2) is 7.64. The molecule has 4 heteroatoms. The van der Waals surface area contributed by atoms with Crippen LogP contribution in [0.2, 0.25) is 0 Å². The van der Waals surface area contributed by atoms with Crippen LogP contribution in [-0.2, 0) is 9.59 Å². The lowest BCUT2D eigenvalue weighted by molar-refractivity contribution is -0.122. The third-order valence-electron chi connectivity index (χ3n) is 3.27. The van der Waals surface area contributed by atoms with Gasteiger partial charge in [0.2, 0.25) is 0 Å². The van der Waals surface area contributed by atoms with Crippen molar-refractivity contribution in [3.63, 3.8) is 0 Å². The summed E-state index contributed by atoms with van der Waals surface area (Å²) in [7, 11) is 1.48. The molecule has 0 aliphatic heterocycles. The summed E-state index contributed by atoms with van der Waals surface area (Å²) in [6.45, 7) is 9.44. The summed E-state index contributed by atoms with van der Waals surface area (Å²) < 4.78 is 0. The number of ketones is 1. The maximum atomic E-state index is 11.8. The molecule has 0 rings (SSSR count). The van der Waals surface area contributed by atoms with Gasteiger partial charge in [0.15, 0.2) is 0 Å². The van der Waals surface area contributed by atoms with Crippen LogP contribution >= 0.6 is 0 Å². The topological polar surface area (TPSA) is 46.2 Å². The van der Waals surface area contributed by atoms with Gasteiger partial charge in [-0.1, -0.05) is 33.6 Å². The first-order valence-corrected chi connectivity index (χ1v) is 6.53. The number of hydrogen-bond acceptors (Lipinski definition) is 3. The average Bonchev–Trinajstić information content (AvgIpc) is 2.26. The molecule has 0 aliphatic carbocycles. The van der Waals surface area contributed by atoms with E-state index in [0.717, 1.165) is 25.7 Å². The average molecular weight is 238 g/mol. The first-order chi connectivity index (χ1) is 7.87. The second-order valence-corrected chi connectivity index (χ2v) is 5.02. The minimum atomic E-state index is -0.601. The highest BCUT2D eigenvalue weighted by Gasteiger charge is 2.29.